The summed E-state index contributed by atoms with van der Waals surface area (Å²) in [6, 6.07) is 17.4. The summed E-state index contributed by atoms with van der Waals surface area (Å²) in [4.78, 5) is 0. The molecule has 8 nitrogen and oxygen atoms in total. The van der Waals surface area contributed by atoms with Crippen LogP contribution in [-0.2, 0) is 38.5 Å². The normalized spacial score (nSPS) is 18.9. The second kappa shape index (κ2) is 38.9. The minimum atomic E-state index is -0.218. The number of fused-ring (bicyclic) bond motifs is 6. The molecule has 8 heteroatoms. The maximum atomic E-state index is 11.2. The molecular weight excluding hydrogens is 1180 g/mol. The maximum Gasteiger partial charge on any atom is 0.127 e. The Bertz CT molecular complexity index is 2850. The van der Waals surface area contributed by atoms with Crippen LogP contribution in [0.2, 0.25) is 0 Å². The van der Waals surface area contributed by atoms with Crippen molar-refractivity contribution in [3.63, 3.8) is 0 Å². The topological polar surface area (TPSA) is 95.8 Å². The molecule has 2 aliphatic heterocycles. The number of rotatable bonds is 40. The summed E-state index contributed by atoms with van der Waals surface area (Å²) in [5.74, 6) is 10.5. The van der Waals surface area contributed by atoms with E-state index >= 15 is 0 Å². The number of hydrogen-bond acceptors (Lipinski definition) is 8. The molecule has 4 aromatic rings. The van der Waals surface area contributed by atoms with Crippen molar-refractivity contribution >= 4 is 0 Å². The minimum Gasteiger partial charge on any atom is -0.508 e. The third kappa shape index (κ3) is 23.4. The number of phenolic OH excluding ortho intramolecular Hbond substituents is 2. The van der Waals surface area contributed by atoms with E-state index in [1.807, 2.05) is 12.1 Å². The lowest BCUT2D eigenvalue weighted by molar-refractivity contribution is 0.00999. The Labute approximate surface area is 586 Å². The molecule has 0 bridgehead atoms. The summed E-state index contributed by atoms with van der Waals surface area (Å²) in [5.41, 5.74) is 11.7. The van der Waals surface area contributed by atoms with Crippen LogP contribution in [-0.4, -0.2) is 47.8 Å². The van der Waals surface area contributed by atoms with Gasteiger partial charge in [0.25, 0.3) is 0 Å². The molecule has 6 atom stereocenters. The van der Waals surface area contributed by atoms with Crippen LogP contribution in [0.1, 0.15) is 321 Å². The van der Waals surface area contributed by atoms with Crippen LogP contribution in [0, 0.1) is 35.5 Å². The number of hydrogen-bond donors (Lipinski definition) is 2. The molecule has 2 heterocycles. The lowest BCUT2D eigenvalue weighted by Crippen LogP contribution is -2.45. The molecule has 0 radical (unpaired) electrons. The van der Waals surface area contributed by atoms with Crippen molar-refractivity contribution in [1.82, 2.24) is 0 Å². The Morgan fingerprint density at radius 3 is 1.06 bits per heavy atom. The maximum absolute atomic E-state index is 11.2. The number of phenols is 2. The first kappa shape index (κ1) is 78.1. The van der Waals surface area contributed by atoms with Crippen molar-refractivity contribution in [2.24, 2.45) is 35.5 Å². The van der Waals surface area contributed by atoms with Crippen molar-refractivity contribution < 1.29 is 38.6 Å². The Hall–Kier alpha value is -5.24. The summed E-state index contributed by atoms with van der Waals surface area (Å²) in [7, 11) is 0. The molecular formula is C88H136O8. The Morgan fingerprint density at radius 1 is 0.406 bits per heavy atom. The minimum absolute atomic E-state index is 0.218. The molecule has 0 unspecified atom stereocenters. The van der Waals surface area contributed by atoms with Gasteiger partial charge in [-0.05, 0) is 239 Å². The second-order valence-electron chi connectivity index (χ2n) is 32.1. The third-order valence-electron chi connectivity index (χ3n) is 21.7. The quantitative estimate of drug-likeness (QED) is 0.0336. The Morgan fingerprint density at radius 2 is 0.729 bits per heavy atom. The van der Waals surface area contributed by atoms with Gasteiger partial charge in [0, 0.05) is 45.9 Å². The van der Waals surface area contributed by atoms with E-state index in [0.717, 1.165) is 158 Å². The van der Waals surface area contributed by atoms with E-state index in [-0.39, 0.29) is 11.2 Å². The molecule has 8 rings (SSSR count). The van der Waals surface area contributed by atoms with E-state index in [2.05, 4.69) is 159 Å². The van der Waals surface area contributed by atoms with Crippen LogP contribution < -0.4 is 28.4 Å². The predicted octanol–water partition coefficient (Wildman–Crippen LogP) is 24.6. The molecule has 2 N–H and O–H groups in total. The zero-order chi connectivity index (χ0) is 69.4. The lowest BCUT2D eigenvalue weighted by atomic mass is 9.68. The molecule has 0 fully saturated rings. The highest BCUT2D eigenvalue weighted by Crippen LogP contribution is 2.56. The van der Waals surface area contributed by atoms with Gasteiger partial charge in [-0.2, -0.15) is 0 Å². The average Bonchev–Trinajstić information content (AvgIpc) is 0.747. The zero-order valence-corrected chi connectivity index (χ0v) is 63.8. The Balaban J connectivity index is 0.000000271. The van der Waals surface area contributed by atoms with Gasteiger partial charge in [0.05, 0.1) is 0 Å². The second-order valence-corrected chi connectivity index (χ2v) is 32.1. The number of unbranched alkanes of at least 4 members (excludes halogenated alkanes) is 8. The van der Waals surface area contributed by atoms with Crippen molar-refractivity contribution in [3.8, 4) is 46.0 Å². The van der Waals surface area contributed by atoms with Gasteiger partial charge in [-0.3, -0.25) is 0 Å². The molecule has 0 saturated heterocycles. The smallest absolute Gasteiger partial charge is 0.127 e. The largest absolute Gasteiger partial charge is 0.508 e. The van der Waals surface area contributed by atoms with Gasteiger partial charge in [0.15, 0.2) is 0 Å². The molecule has 0 saturated carbocycles. The molecule has 0 spiro atoms. The van der Waals surface area contributed by atoms with Crippen LogP contribution in [0.4, 0.5) is 0 Å². The van der Waals surface area contributed by atoms with E-state index in [1.165, 1.54) is 136 Å². The fraction of sp³-hybridized carbons (Fsp3) is 0.682. The fourth-order valence-electron chi connectivity index (χ4n) is 15.8. The standard InChI is InChI=1S/2C44H68O4/c2*1-9-11-13-18-34-27-39(45)36(22-20-32(5)17-15-16-31(3)4)40(28-34)46-24-25-47-41-29-35(19-14-12-10-2)30-42-43(41)37-26-33(6)21-23-38(37)44(7,8)48-42/h2*26-32,37-38,45H,9-25H2,1-8H3/t32-,37+,38+;32-,37-,38-/m01/s1. The van der Waals surface area contributed by atoms with E-state index in [1.54, 1.807) is 0 Å². The van der Waals surface area contributed by atoms with E-state index < -0.39 is 0 Å². The van der Waals surface area contributed by atoms with Gasteiger partial charge in [-0.1, -0.05) is 182 Å². The summed E-state index contributed by atoms with van der Waals surface area (Å²) in [5, 5.41) is 22.4. The molecule has 536 valence electrons. The highest BCUT2D eigenvalue weighted by atomic mass is 16.5. The highest BCUT2D eigenvalue weighted by molar-refractivity contribution is 5.56. The predicted molar refractivity (Wildman–Crippen MR) is 404 cm³/mol. The van der Waals surface area contributed by atoms with E-state index in [0.29, 0.717) is 73.4 Å². The van der Waals surface area contributed by atoms with Crippen molar-refractivity contribution in [2.45, 2.75) is 326 Å². The van der Waals surface area contributed by atoms with E-state index in [4.69, 9.17) is 28.4 Å². The third-order valence-corrected chi connectivity index (χ3v) is 21.7. The van der Waals surface area contributed by atoms with Gasteiger partial charge in [-0.15, -0.1) is 0 Å². The summed E-state index contributed by atoms with van der Waals surface area (Å²) in [6.45, 7) is 38.2. The monoisotopic (exact) mass is 1320 g/mol. The summed E-state index contributed by atoms with van der Waals surface area (Å²) in [6.07, 6.45) is 39.0. The molecule has 4 aliphatic rings. The van der Waals surface area contributed by atoms with Crippen LogP contribution in [0.15, 0.2) is 71.8 Å². The lowest BCUT2D eigenvalue weighted by Gasteiger charge is -2.46. The Kier molecular flexibility index (Phi) is 31.7. The zero-order valence-electron chi connectivity index (χ0n) is 63.8. The first-order chi connectivity index (χ1) is 46.0. The number of ether oxygens (including phenoxy) is 6. The number of aryl methyl sites for hydroxylation is 4. The van der Waals surface area contributed by atoms with Crippen LogP contribution in [0.3, 0.4) is 0 Å². The molecule has 0 aromatic heterocycles. The fourth-order valence-corrected chi connectivity index (χ4v) is 15.8. The number of aromatic hydroxyl groups is 2. The number of benzene rings is 4. The molecule has 4 aromatic carbocycles. The van der Waals surface area contributed by atoms with Gasteiger partial charge < -0.3 is 38.6 Å². The van der Waals surface area contributed by atoms with Gasteiger partial charge >= 0.3 is 0 Å². The van der Waals surface area contributed by atoms with Gasteiger partial charge in [0.2, 0.25) is 0 Å². The van der Waals surface area contributed by atoms with Crippen LogP contribution in [0.5, 0.6) is 46.0 Å². The summed E-state index contributed by atoms with van der Waals surface area (Å²) < 4.78 is 39.9. The SMILES string of the molecule is CCCCCc1cc(O)c(CC[C@@H](C)CCCC(C)C)c(OCCOc2cc(CCCCC)cc3c2[C@@H]2C=C(C)CC[C@H]2C(C)(C)O3)c1.CCCCCc1cc(O)c(CC[C@H](C)CCCC(C)C)c(OCCOc2cc(CCCCC)cc3c2[C@@H]2C=C(C)CC[C@H]2C(C)(C)O3)c1. The van der Waals surface area contributed by atoms with Gasteiger partial charge in [-0.25, -0.2) is 0 Å². The van der Waals surface area contributed by atoms with Crippen molar-refractivity contribution in [3.05, 3.63) is 116 Å². The van der Waals surface area contributed by atoms with E-state index in [9.17, 15) is 10.2 Å². The first-order valence-corrected chi connectivity index (χ1v) is 39.3. The van der Waals surface area contributed by atoms with Crippen LogP contribution in [0.25, 0.3) is 0 Å². The highest BCUT2D eigenvalue weighted by Gasteiger charge is 2.47. The van der Waals surface area contributed by atoms with Gasteiger partial charge in [0.1, 0.15) is 83.6 Å². The first-order valence-electron chi connectivity index (χ1n) is 39.3. The molecule has 2 aliphatic carbocycles. The van der Waals surface area contributed by atoms with Crippen LogP contribution >= 0.6 is 0 Å². The van der Waals surface area contributed by atoms with Crippen molar-refractivity contribution in [1.29, 1.82) is 0 Å². The van der Waals surface area contributed by atoms with Crippen molar-refractivity contribution in [2.75, 3.05) is 26.4 Å². The summed E-state index contributed by atoms with van der Waals surface area (Å²) >= 11 is 0. The average molecular weight is 1320 g/mol. The molecule has 96 heavy (non-hydrogen) atoms. The number of allylic oxidation sites excluding steroid dienone is 4. The molecule has 0 amide bonds.